The van der Waals surface area contributed by atoms with Gasteiger partial charge in [0.1, 0.15) is 0 Å². The van der Waals surface area contributed by atoms with Gasteiger partial charge in [0.25, 0.3) is 0 Å². The van der Waals surface area contributed by atoms with E-state index in [0.29, 0.717) is 17.2 Å². The van der Waals surface area contributed by atoms with Crippen LogP contribution < -0.4 is 4.90 Å². The third-order valence-corrected chi connectivity index (χ3v) is 3.10. The van der Waals surface area contributed by atoms with Gasteiger partial charge in [-0.2, -0.15) is 0 Å². The maximum atomic E-state index is 11.3. The summed E-state index contributed by atoms with van der Waals surface area (Å²) in [7, 11) is 0. The number of ketones is 1. The first kappa shape index (κ1) is 15.0. The van der Waals surface area contributed by atoms with Crippen LogP contribution in [0.15, 0.2) is 18.2 Å². The van der Waals surface area contributed by atoms with Crippen LogP contribution in [-0.4, -0.2) is 32.1 Å². The molecule has 0 heterocycles. The van der Waals surface area contributed by atoms with Gasteiger partial charge in [-0.3, -0.25) is 4.79 Å². The van der Waals surface area contributed by atoms with Crippen LogP contribution in [0.5, 0.6) is 0 Å². The smallest absolute Gasteiger partial charge is 0.161 e. The van der Waals surface area contributed by atoms with Crippen LogP contribution >= 0.6 is 11.6 Å². The Hall–Kier alpha value is -1.06. The average Bonchev–Trinajstić information content (AvgIpc) is 2.34. The van der Waals surface area contributed by atoms with Crippen LogP contribution in [0.1, 0.15) is 31.1 Å². The van der Waals surface area contributed by atoms with Gasteiger partial charge in [0.05, 0.1) is 11.6 Å². The molecule has 1 aromatic carbocycles. The fraction of sp³-hybridized carbons (Fsp3) is 0.500. The third kappa shape index (κ3) is 4.00. The van der Waals surface area contributed by atoms with E-state index in [-0.39, 0.29) is 5.78 Å². The van der Waals surface area contributed by atoms with Crippen molar-refractivity contribution < 1.29 is 9.53 Å². The molecule has 0 bridgehead atoms. The first-order valence-electron chi connectivity index (χ1n) is 6.23. The summed E-state index contributed by atoms with van der Waals surface area (Å²) in [4.78, 5) is 13.5. The van der Waals surface area contributed by atoms with Gasteiger partial charge in [0.15, 0.2) is 5.78 Å². The molecule has 0 atom stereocenters. The quantitative estimate of drug-likeness (QED) is 0.561. The summed E-state index contributed by atoms with van der Waals surface area (Å²) in [5.41, 5.74) is 1.59. The number of anilines is 1. The monoisotopic (exact) mass is 269 g/mol. The van der Waals surface area contributed by atoms with Gasteiger partial charge in [-0.25, -0.2) is 0 Å². The molecule has 0 N–H and O–H groups in total. The minimum atomic E-state index is -0.0103. The van der Waals surface area contributed by atoms with Gasteiger partial charge in [-0.05, 0) is 39.0 Å². The molecule has 0 fully saturated rings. The number of halogens is 1. The molecule has 0 aliphatic rings. The topological polar surface area (TPSA) is 29.5 Å². The van der Waals surface area contributed by atoms with Crippen molar-refractivity contribution >= 4 is 23.1 Å². The number of likely N-dealkylation sites (N-methyl/N-ethyl adjacent to an activating group) is 1. The highest BCUT2D eigenvalue weighted by molar-refractivity contribution is 6.34. The second kappa shape index (κ2) is 7.39. The van der Waals surface area contributed by atoms with Crippen LogP contribution in [0, 0.1) is 0 Å². The number of Topliss-reactive ketones (excluding diaryl/α,β-unsaturated/α-hetero) is 1. The Morgan fingerprint density at radius 1 is 1.39 bits per heavy atom. The Kier molecular flexibility index (Phi) is 6.16. The lowest BCUT2D eigenvalue weighted by atomic mass is 10.1. The second-order valence-corrected chi connectivity index (χ2v) is 4.40. The molecular formula is C14H20ClNO2. The molecule has 18 heavy (non-hydrogen) atoms. The molecule has 1 rings (SSSR count). The molecule has 0 unspecified atom stereocenters. The van der Waals surface area contributed by atoms with E-state index in [0.717, 1.165) is 25.4 Å². The molecular weight excluding hydrogens is 250 g/mol. The van der Waals surface area contributed by atoms with Crippen molar-refractivity contribution in [2.24, 2.45) is 0 Å². The number of carbonyl (C=O) groups is 1. The Morgan fingerprint density at radius 2 is 2.11 bits per heavy atom. The Morgan fingerprint density at radius 3 is 2.61 bits per heavy atom. The maximum Gasteiger partial charge on any atom is 0.161 e. The first-order chi connectivity index (χ1) is 8.60. The first-order valence-corrected chi connectivity index (χ1v) is 6.61. The van der Waals surface area contributed by atoms with E-state index in [1.54, 1.807) is 6.07 Å². The number of hydrogen-bond donors (Lipinski definition) is 0. The van der Waals surface area contributed by atoms with Crippen LogP contribution in [0.2, 0.25) is 5.02 Å². The van der Waals surface area contributed by atoms with E-state index >= 15 is 0 Å². The highest BCUT2D eigenvalue weighted by atomic mass is 35.5. The zero-order valence-electron chi connectivity index (χ0n) is 11.2. The zero-order chi connectivity index (χ0) is 13.5. The van der Waals surface area contributed by atoms with Gasteiger partial charge >= 0.3 is 0 Å². The molecule has 0 saturated carbocycles. The lowest BCUT2D eigenvalue weighted by Gasteiger charge is -2.23. The zero-order valence-corrected chi connectivity index (χ0v) is 12.0. The van der Waals surface area contributed by atoms with E-state index in [2.05, 4.69) is 11.8 Å². The van der Waals surface area contributed by atoms with Gasteiger partial charge in [-0.15, -0.1) is 0 Å². The van der Waals surface area contributed by atoms with Gasteiger partial charge in [0.2, 0.25) is 0 Å². The third-order valence-electron chi connectivity index (χ3n) is 2.79. The minimum Gasteiger partial charge on any atom is -0.380 e. The fourth-order valence-corrected chi connectivity index (χ4v) is 2.08. The van der Waals surface area contributed by atoms with E-state index in [1.165, 1.54) is 6.92 Å². The highest BCUT2D eigenvalue weighted by Crippen LogP contribution is 2.24. The fourth-order valence-electron chi connectivity index (χ4n) is 1.78. The summed E-state index contributed by atoms with van der Waals surface area (Å²) in [6.45, 7) is 8.70. The Balaban J connectivity index is 2.80. The number of ether oxygens (including phenoxy) is 1. The Labute approximate surface area is 114 Å². The van der Waals surface area contributed by atoms with Crippen LogP contribution in [0.4, 0.5) is 5.69 Å². The van der Waals surface area contributed by atoms with Crippen LogP contribution in [0.25, 0.3) is 0 Å². The second-order valence-electron chi connectivity index (χ2n) is 4.00. The largest absolute Gasteiger partial charge is 0.380 e. The summed E-state index contributed by atoms with van der Waals surface area (Å²) >= 11 is 6.11. The van der Waals surface area contributed by atoms with Gasteiger partial charge in [-0.1, -0.05) is 11.6 Å². The Bertz CT molecular complexity index is 407. The molecule has 1 aromatic rings. The lowest BCUT2D eigenvalue weighted by Crippen LogP contribution is -2.27. The molecule has 100 valence electrons. The molecule has 3 nitrogen and oxygen atoms in total. The van der Waals surface area contributed by atoms with E-state index in [4.69, 9.17) is 16.3 Å². The standard InChI is InChI=1S/C14H20ClNO2/c1-4-16(8-9-18-5-2)12-6-7-13(11(3)17)14(15)10-12/h6-7,10H,4-5,8-9H2,1-3H3. The summed E-state index contributed by atoms with van der Waals surface area (Å²) < 4.78 is 5.35. The summed E-state index contributed by atoms with van der Waals surface area (Å²) in [6.07, 6.45) is 0. The van der Waals surface area contributed by atoms with E-state index in [9.17, 15) is 4.79 Å². The van der Waals surface area contributed by atoms with Crippen molar-refractivity contribution in [3.05, 3.63) is 28.8 Å². The van der Waals surface area contributed by atoms with Crippen molar-refractivity contribution in [2.75, 3.05) is 31.2 Å². The molecule has 0 amide bonds. The molecule has 0 aromatic heterocycles. The number of carbonyl (C=O) groups excluding carboxylic acids is 1. The van der Waals surface area contributed by atoms with Crippen molar-refractivity contribution in [2.45, 2.75) is 20.8 Å². The predicted molar refractivity (Wildman–Crippen MR) is 75.8 cm³/mol. The van der Waals surface area contributed by atoms with Crippen molar-refractivity contribution in [1.82, 2.24) is 0 Å². The SMILES string of the molecule is CCOCCN(CC)c1ccc(C(C)=O)c(Cl)c1. The van der Waals surface area contributed by atoms with E-state index in [1.807, 2.05) is 19.1 Å². The molecule has 0 saturated heterocycles. The number of hydrogen-bond acceptors (Lipinski definition) is 3. The lowest BCUT2D eigenvalue weighted by molar-refractivity contribution is 0.101. The average molecular weight is 270 g/mol. The van der Waals surface area contributed by atoms with Crippen molar-refractivity contribution in [3.8, 4) is 0 Å². The normalized spacial score (nSPS) is 10.4. The molecule has 0 aliphatic carbocycles. The van der Waals surface area contributed by atoms with Gasteiger partial charge in [0, 0.05) is 30.9 Å². The van der Waals surface area contributed by atoms with Gasteiger partial charge < -0.3 is 9.64 Å². The number of rotatable bonds is 7. The van der Waals surface area contributed by atoms with Crippen LogP contribution in [0.3, 0.4) is 0 Å². The molecule has 0 aliphatic heterocycles. The molecule has 0 spiro atoms. The van der Waals surface area contributed by atoms with Crippen molar-refractivity contribution in [1.29, 1.82) is 0 Å². The summed E-state index contributed by atoms with van der Waals surface area (Å²) in [6, 6.07) is 5.55. The predicted octanol–water partition coefficient (Wildman–Crippen LogP) is 3.41. The highest BCUT2D eigenvalue weighted by Gasteiger charge is 2.09. The van der Waals surface area contributed by atoms with E-state index < -0.39 is 0 Å². The molecule has 4 heteroatoms. The van der Waals surface area contributed by atoms with Crippen LogP contribution in [-0.2, 0) is 4.74 Å². The molecule has 0 radical (unpaired) electrons. The number of benzene rings is 1. The number of nitrogens with zero attached hydrogens (tertiary/aromatic N) is 1. The minimum absolute atomic E-state index is 0.0103. The van der Waals surface area contributed by atoms with Crippen molar-refractivity contribution in [3.63, 3.8) is 0 Å². The summed E-state index contributed by atoms with van der Waals surface area (Å²) in [5.74, 6) is -0.0103. The maximum absolute atomic E-state index is 11.3. The summed E-state index contributed by atoms with van der Waals surface area (Å²) in [5, 5.41) is 0.509.